The van der Waals surface area contributed by atoms with E-state index in [9.17, 15) is 30.8 Å². The summed E-state index contributed by atoms with van der Waals surface area (Å²) >= 11 is 0. The second-order valence-electron chi connectivity index (χ2n) is 8.94. The van der Waals surface area contributed by atoms with Crippen molar-refractivity contribution in [1.82, 2.24) is 9.62 Å². The summed E-state index contributed by atoms with van der Waals surface area (Å²) in [6.45, 7) is 2.35. The van der Waals surface area contributed by atoms with Gasteiger partial charge in [0.05, 0.1) is 10.5 Å². The summed E-state index contributed by atoms with van der Waals surface area (Å²) in [5, 5.41) is 0. The fraction of sp³-hybridized carbons (Fsp3) is 0.458. The SMILES string of the molecule is CNS(=O)(=O)c1ccc(N2CCCCC2)c(C(=O)N2CCN(c3c(F)c(F)c(C)c(F)c3F)CC2)c1. The van der Waals surface area contributed by atoms with Crippen LogP contribution in [-0.4, -0.2) is 65.5 Å². The highest BCUT2D eigenvalue weighted by Gasteiger charge is 2.32. The van der Waals surface area contributed by atoms with Crippen LogP contribution in [-0.2, 0) is 10.0 Å². The summed E-state index contributed by atoms with van der Waals surface area (Å²) in [6.07, 6.45) is 2.97. The van der Waals surface area contributed by atoms with Crippen LogP contribution in [0.15, 0.2) is 23.1 Å². The van der Waals surface area contributed by atoms with Crippen LogP contribution in [0, 0.1) is 30.2 Å². The van der Waals surface area contributed by atoms with Crippen molar-refractivity contribution in [3.05, 3.63) is 52.6 Å². The van der Waals surface area contributed by atoms with Crippen molar-refractivity contribution in [1.29, 1.82) is 0 Å². The van der Waals surface area contributed by atoms with Crippen LogP contribution in [0.5, 0.6) is 0 Å². The predicted octanol–water partition coefficient (Wildman–Crippen LogP) is 3.41. The number of piperazine rings is 1. The minimum Gasteiger partial charge on any atom is -0.371 e. The maximum atomic E-state index is 14.5. The van der Waals surface area contributed by atoms with E-state index in [0.717, 1.165) is 39.3 Å². The molecular formula is C24H28F4N4O3S. The first-order valence-corrected chi connectivity index (χ1v) is 13.2. The molecule has 0 aliphatic carbocycles. The van der Waals surface area contributed by atoms with E-state index in [-0.39, 0.29) is 36.6 Å². The van der Waals surface area contributed by atoms with E-state index in [1.54, 1.807) is 6.07 Å². The number of carbonyl (C=O) groups excluding carboxylic acids is 1. The molecule has 0 radical (unpaired) electrons. The summed E-state index contributed by atoms with van der Waals surface area (Å²) in [7, 11) is -2.52. The number of sulfonamides is 1. The third kappa shape index (κ3) is 4.75. The second kappa shape index (κ2) is 10.3. The number of halogens is 4. The van der Waals surface area contributed by atoms with Crippen LogP contribution in [0.1, 0.15) is 35.2 Å². The summed E-state index contributed by atoms with van der Waals surface area (Å²) in [4.78, 5) is 18.2. The molecule has 0 bridgehead atoms. The molecule has 2 saturated heterocycles. The second-order valence-corrected chi connectivity index (χ2v) is 10.8. The average Bonchev–Trinajstić information content (AvgIpc) is 2.91. The van der Waals surface area contributed by atoms with Gasteiger partial charge in [0.15, 0.2) is 23.3 Å². The first-order chi connectivity index (χ1) is 17.1. The van der Waals surface area contributed by atoms with Crippen molar-refractivity contribution in [3.8, 4) is 0 Å². The van der Waals surface area contributed by atoms with Gasteiger partial charge in [0.1, 0.15) is 5.69 Å². The van der Waals surface area contributed by atoms with E-state index in [0.29, 0.717) is 5.69 Å². The van der Waals surface area contributed by atoms with Gasteiger partial charge < -0.3 is 14.7 Å². The number of hydrogen-bond acceptors (Lipinski definition) is 5. The zero-order valence-electron chi connectivity index (χ0n) is 20.1. The molecule has 0 saturated carbocycles. The summed E-state index contributed by atoms with van der Waals surface area (Å²) < 4.78 is 84.1. The van der Waals surface area contributed by atoms with Gasteiger partial charge in [-0.05, 0) is 51.4 Å². The lowest BCUT2D eigenvalue weighted by Gasteiger charge is -2.37. The van der Waals surface area contributed by atoms with Crippen molar-refractivity contribution in [2.75, 3.05) is 56.1 Å². The molecule has 2 aliphatic heterocycles. The first-order valence-electron chi connectivity index (χ1n) is 11.8. The fourth-order valence-corrected chi connectivity index (χ4v) is 5.45. The monoisotopic (exact) mass is 528 g/mol. The molecule has 12 heteroatoms. The fourth-order valence-electron chi connectivity index (χ4n) is 4.69. The molecule has 0 unspecified atom stereocenters. The van der Waals surface area contributed by atoms with Crippen LogP contribution in [0.25, 0.3) is 0 Å². The van der Waals surface area contributed by atoms with E-state index in [1.165, 1.54) is 29.0 Å². The Labute approximate surface area is 207 Å². The Balaban J connectivity index is 1.61. The van der Waals surface area contributed by atoms with Gasteiger partial charge in [-0.3, -0.25) is 4.79 Å². The lowest BCUT2D eigenvalue weighted by molar-refractivity contribution is 0.0746. The summed E-state index contributed by atoms with van der Waals surface area (Å²) in [5.74, 6) is -6.26. The molecule has 2 aliphatic rings. The Morgan fingerprint density at radius 1 is 0.833 bits per heavy atom. The van der Waals surface area contributed by atoms with Gasteiger partial charge in [0.2, 0.25) is 10.0 Å². The van der Waals surface area contributed by atoms with E-state index in [4.69, 9.17) is 0 Å². The number of rotatable bonds is 5. The molecule has 0 atom stereocenters. The van der Waals surface area contributed by atoms with Crippen molar-refractivity contribution in [3.63, 3.8) is 0 Å². The van der Waals surface area contributed by atoms with Gasteiger partial charge in [-0.15, -0.1) is 0 Å². The smallest absolute Gasteiger partial charge is 0.256 e. The first kappa shape index (κ1) is 26.2. The Morgan fingerprint density at radius 2 is 1.42 bits per heavy atom. The number of nitrogens with one attached hydrogen (secondary N) is 1. The highest BCUT2D eigenvalue weighted by molar-refractivity contribution is 7.89. The molecule has 36 heavy (non-hydrogen) atoms. The van der Waals surface area contributed by atoms with Gasteiger partial charge >= 0.3 is 0 Å². The van der Waals surface area contributed by atoms with Crippen LogP contribution in [0.3, 0.4) is 0 Å². The zero-order valence-corrected chi connectivity index (χ0v) is 20.9. The van der Waals surface area contributed by atoms with Crippen molar-refractivity contribution >= 4 is 27.3 Å². The van der Waals surface area contributed by atoms with Crippen LogP contribution >= 0.6 is 0 Å². The average molecular weight is 529 g/mol. The number of carbonyl (C=O) groups is 1. The molecule has 2 heterocycles. The van der Waals surface area contributed by atoms with Gasteiger partial charge in [0.25, 0.3) is 5.91 Å². The standard InChI is InChI=1S/C24H28F4N4O3S/c1-15-19(25)21(27)23(22(28)20(15)26)31-10-12-32(13-11-31)24(33)17-14-16(36(34,35)29-2)6-7-18(17)30-8-4-3-5-9-30/h6-7,14,29H,3-5,8-13H2,1-2H3. The van der Waals surface area contributed by atoms with E-state index in [1.807, 2.05) is 4.90 Å². The van der Waals surface area contributed by atoms with Crippen molar-refractivity contribution in [2.45, 2.75) is 31.1 Å². The summed E-state index contributed by atoms with van der Waals surface area (Å²) in [5.41, 5.74) is -0.688. The molecule has 4 rings (SSSR count). The molecule has 7 nitrogen and oxygen atoms in total. The van der Waals surface area contributed by atoms with E-state index in [2.05, 4.69) is 4.72 Å². The van der Waals surface area contributed by atoms with E-state index >= 15 is 0 Å². The number of anilines is 2. The molecule has 2 aromatic rings. The van der Waals surface area contributed by atoms with Crippen molar-refractivity contribution in [2.24, 2.45) is 0 Å². The van der Waals surface area contributed by atoms with Gasteiger partial charge in [-0.2, -0.15) is 0 Å². The van der Waals surface area contributed by atoms with E-state index < -0.39 is 50.5 Å². The molecule has 1 amide bonds. The normalized spacial score (nSPS) is 17.0. The minimum absolute atomic E-state index is 0.0251. The Morgan fingerprint density at radius 3 is 1.97 bits per heavy atom. The molecule has 2 aromatic carbocycles. The van der Waals surface area contributed by atoms with Crippen LogP contribution in [0.2, 0.25) is 0 Å². The molecular weight excluding hydrogens is 500 g/mol. The molecule has 196 valence electrons. The third-order valence-corrected chi connectivity index (χ3v) is 8.23. The highest BCUT2D eigenvalue weighted by atomic mass is 32.2. The minimum atomic E-state index is -3.80. The largest absolute Gasteiger partial charge is 0.371 e. The van der Waals surface area contributed by atoms with Crippen LogP contribution in [0.4, 0.5) is 28.9 Å². The number of benzene rings is 2. The maximum Gasteiger partial charge on any atom is 0.256 e. The Bertz CT molecular complexity index is 1250. The van der Waals surface area contributed by atoms with Gasteiger partial charge in [-0.25, -0.2) is 30.7 Å². The number of piperidine rings is 1. The summed E-state index contributed by atoms with van der Waals surface area (Å²) in [6, 6.07) is 4.42. The van der Waals surface area contributed by atoms with Gasteiger partial charge in [0, 0.05) is 50.5 Å². The molecule has 0 aromatic heterocycles. The Kier molecular flexibility index (Phi) is 7.46. The molecule has 2 fully saturated rings. The highest BCUT2D eigenvalue weighted by Crippen LogP contribution is 2.32. The topological polar surface area (TPSA) is 73.0 Å². The van der Waals surface area contributed by atoms with Gasteiger partial charge in [-0.1, -0.05) is 0 Å². The predicted molar refractivity (Wildman–Crippen MR) is 128 cm³/mol. The third-order valence-electron chi connectivity index (χ3n) is 6.82. The van der Waals surface area contributed by atoms with Crippen LogP contribution < -0.4 is 14.5 Å². The zero-order chi connectivity index (χ0) is 26.2. The molecule has 0 spiro atoms. The van der Waals surface area contributed by atoms with Crippen molar-refractivity contribution < 1.29 is 30.8 Å². The molecule has 1 N–H and O–H groups in total. The number of amides is 1. The Hall–Kier alpha value is -2.86. The number of nitrogens with zero attached hydrogens (tertiary/aromatic N) is 3. The maximum absolute atomic E-state index is 14.5. The number of hydrogen-bond donors (Lipinski definition) is 1. The lowest BCUT2D eigenvalue weighted by atomic mass is 10.1. The lowest BCUT2D eigenvalue weighted by Crippen LogP contribution is -2.49. The quantitative estimate of drug-likeness (QED) is 0.476.